The molecule has 0 aliphatic rings. The lowest BCUT2D eigenvalue weighted by Crippen LogP contribution is -1.92. The minimum Gasteiger partial charge on any atom is -0.291 e. The summed E-state index contributed by atoms with van der Waals surface area (Å²) in [6, 6.07) is 0. The van der Waals surface area contributed by atoms with Crippen molar-refractivity contribution in [3.8, 4) is 12.3 Å². The molecule has 0 radical (unpaired) electrons. The highest BCUT2D eigenvalue weighted by Gasteiger charge is 1.90. The highest BCUT2D eigenvalue weighted by atomic mass is 14.7. The molecule has 0 spiro atoms. The van der Waals surface area contributed by atoms with Gasteiger partial charge in [-0.25, -0.2) is 0 Å². The molecule has 16 heavy (non-hydrogen) atoms. The molecule has 0 aromatic rings. The Labute approximate surface area is 98.7 Å². The van der Waals surface area contributed by atoms with Crippen LogP contribution in [0.15, 0.2) is 28.4 Å². The van der Waals surface area contributed by atoms with Crippen LogP contribution in [0.1, 0.15) is 40.0 Å². The molecule has 2 nitrogen and oxygen atoms in total. The molecule has 2 heteroatoms. The van der Waals surface area contributed by atoms with Crippen molar-refractivity contribution in [2.24, 2.45) is 4.99 Å². The van der Waals surface area contributed by atoms with Crippen LogP contribution in [0.4, 0.5) is 0 Å². The molecule has 1 N–H and O–H groups in total. The van der Waals surface area contributed by atoms with Crippen molar-refractivity contribution in [2.45, 2.75) is 40.0 Å². The Morgan fingerprint density at radius 1 is 1.44 bits per heavy atom. The van der Waals surface area contributed by atoms with Crippen molar-refractivity contribution in [2.75, 3.05) is 0 Å². The van der Waals surface area contributed by atoms with Crippen LogP contribution in [0.3, 0.4) is 0 Å². The van der Waals surface area contributed by atoms with Crippen LogP contribution in [0.2, 0.25) is 0 Å². The van der Waals surface area contributed by atoms with Gasteiger partial charge < -0.3 is 0 Å². The van der Waals surface area contributed by atoms with Gasteiger partial charge in [-0.1, -0.05) is 31.9 Å². The largest absolute Gasteiger partial charge is 0.291 e. The maximum atomic E-state index is 7.24. The maximum Gasteiger partial charge on any atom is 0.122 e. The fourth-order valence-corrected chi connectivity index (χ4v) is 1.00. The highest BCUT2D eigenvalue weighted by molar-refractivity contribution is 6.37. The molecule has 86 valence electrons. The molecular weight excluding hydrogens is 196 g/mol. The number of nitrogens with zero attached hydrogens (tertiary/aromatic N) is 1. The molecule has 0 saturated heterocycles. The first-order chi connectivity index (χ1) is 7.61. The zero-order valence-corrected chi connectivity index (χ0v) is 10.4. The van der Waals surface area contributed by atoms with E-state index in [4.69, 9.17) is 11.8 Å². The Morgan fingerprint density at radius 3 is 2.69 bits per heavy atom. The van der Waals surface area contributed by atoms with Gasteiger partial charge in [0.1, 0.15) is 5.71 Å². The van der Waals surface area contributed by atoms with E-state index in [1.54, 1.807) is 0 Å². The first kappa shape index (κ1) is 14.4. The van der Waals surface area contributed by atoms with Gasteiger partial charge >= 0.3 is 0 Å². The third kappa shape index (κ3) is 6.78. The molecule has 0 amide bonds. The molecule has 0 aliphatic heterocycles. The van der Waals surface area contributed by atoms with E-state index in [1.165, 1.54) is 19.1 Å². The maximum absolute atomic E-state index is 7.24. The second-order valence-corrected chi connectivity index (χ2v) is 3.63. The molecule has 0 unspecified atom stereocenters. The molecule has 0 bridgehead atoms. The van der Waals surface area contributed by atoms with Gasteiger partial charge in [-0.3, -0.25) is 10.4 Å². The molecule has 0 aromatic heterocycles. The van der Waals surface area contributed by atoms with E-state index < -0.39 is 0 Å². The molecule has 0 aliphatic carbocycles. The number of nitrogens with one attached hydrogen (secondary N) is 1. The minimum atomic E-state index is 0.0992. The van der Waals surface area contributed by atoms with Crippen LogP contribution in [-0.2, 0) is 0 Å². The van der Waals surface area contributed by atoms with Gasteiger partial charge in [0, 0.05) is 5.70 Å². The van der Waals surface area contributed by atoms with Crippen LogP contribution in [0.5, 0.6) is 0 Å². The minimum absolute atomic E-state index is 0.0992. The van der Waals surface area contributed by atoms with Crippen LogP contribution in [0, 0.1) is 17.8 Å². The van der Waals surface area contributed by atoms with Crippen LogP contribution >= 0.6 is 0 Å². The second-order valence-electron chi connectivity index (χ2n) is 3.63. The van der Waals surface area contributed by atoms with Crippen LogP contribution in [-0.4, -0.2) is 11.9 Å². The van der Waals surface area contributed by atoms with Crippen molar-refractivity contribution in [3.63, 3.8) is 0 Å². The standard InChI is InChI=1S/C14H20N2/c1-5-7-8-9-10-12(3)13(4)16-11-14(15)6-2/h2,9-11,15H,5,7-8H2,1,3-4H3/b10-9-,13-12+,15-14?,16-11?. The summed E-state index contributed by atoms with van der Waals surface area (Å²) in [4.78, 5) is 4.13. The van der Waals surface area contributed by atoms with E-state index in [1.807, 2.05) is 13.8 Å². The Balaban J connectivity index is 4.36. The topological polar surface area (TPSA) is 36.2 Å². The lowest BCUT2D eigenvalue weighted by Gasteiger charge is -1.96. The molecule has 0 saturated carbocycles. The SMILES string of the molecule is C#CC(=N)C=N/C(C)=C(C)/C=C\CCCC. The molecule has 0 atom stereocenters. The predicted molar refractivity (Wildman–Crippen MR) is 72.1 cm³/mol. The molecular formula is C14H20N2. The Bertz CT molecular complexity index is 351. The molecule has 0 rings (SSSR count). The van der Waals surface area contributed by atoms with E-state index in [0.717, 1.165) is 17.7 Å². The fourth-order valence-electron chi connectivity index (χ4n) is 1.00. The monoisotopic (exact) mass is 216 g/mol. The van der Waals surface area contributed by atoms with Gasteiger partial charge in [-0.15, -0.1) is 6.42 Å². The number of aliphatic imine (C=N–C) groups is 1. The van der Waals surface area contributed by atoms with E-state index >= 15 is 0 Å². The summed E-state index contributed by atoms with van der Waals surface area (Å²) >= 11 is 0. The summed E-state index contributed by atoms with van der Waals surface area (Å²) in [5.41, 5.74) is 2.10. The summed E-state index contributed by atoms with van der Waals surface area (Å²) in [7, 11) is 0. The Morgan fingerprint density at radius 2 is 2.12 bits per heavy atom. The number of rotatable bonds is 6. The van der Waals surface area contributed by atoms with Gasteiger partial charge in [-0.2, -0.15) is 0 Å². The lowest BCUT2D eigenvalue weighted by atomic mass is 10.2. The summed E-state index contributed by atoms with van der Waals surface area (Å²) in [5.74, 6) is 2.21. The van der Waals surface area contributed by atoms with Gasteiger partial charge in [0.05, 0.1) is 6.21 Å². The van der Waals surface area contributed by atoms with Crippen LogP contribution < -0.4 is 0 Å². The zero-order chi connectivity index (χ0) is 12.4. The third-order valence-corrected chi connectivity index (χ3v) is 2.21. The van der Waals surface area contributed by atoms with Crippen molar-refractivity contribution < 1.29 is 0 Å². The van der Waals surface area contributed by atoms with Gasteiger partial charge in [0.2, 0.25) is 0 Å². The van der Waals surface area contributed by atoms with Gasteiger partial charge in [0.25, 0.3) is 0 Å². The number of hydrogen-bond donors (Lipinski definition) is 1. The van der Waals surface area contributed by atoms with E-state index in [-0.39, 0.29) is 5.71 Å². The van der Waals surface area contributed by atoms with Gasteiger partial charge in [-0.05, 0) is 31.8 Å². The average Bonchev–Trinajstić information content (AvgIpc) is 2.30. The summed E-state index contributed by atoms with van der Waals surface area (Å²) in [6.45, 7) is 6.10. The quantitative estimate of drug-likeness (QED) is 0.304. The first-order valence-corrected chi connectivity index (χ1v) is 5.55. The Hall–Kier alpha value is -1.62. The van der Waals surface area contributed by atoms with Gasteiger partial charge in [0.15, 0.2) is 0 Å². The Kier molecular flexibility index (Phi) is 7.79. The van der Waals surface area contributed by atoms with E-state index in [9.17, 15) is 0 Å². The van der Waals surface area contributed by atoms with Crippen molar-refractivity contribution >= 4 is 11.9 Å². The highest BCUT2D eigenvalue weighted by Crippen LogP contribution is 2.07. The molecule has 0 aromatic carbocycles. The second kappa shape index (κ2) is 8.67. The fraction of sp³-hybridized carbons (Fsp3) is 0.429. The first-order valence-electron chi connectivity index (χ1n) is 5.55. The summed E-state index contributed by atoms with van der Waals surface area (Å²) in [6.07, 6.45) is 14.2. The molecule has 0 heterocycles. The lowest BCUT2D eigenvalue weighted by molar-refractivity contribution is 0.814. The third-order valence-electron chi connectivity index (χ3n) is 2.21. The van der Waals surface area contributed by atoms with Crippen LogP contribution in [0.25, 0.3) is 0 Å². The number of hydrogen-bond acceptors (Lipinski definition) is 2. The smallest absolute Gasteiger partial charge is 0.122 e. The summed E-state index contributed by atoms with van der Waals surface area (Å²) < 4.78 is 0. The molecule has 0 fully saturated rings. The predicted octanol–water partition coefficient (Wildman–Crippen LogP) is 3.75. The van der Waals surface area contributed by atoms with Crippen molar-refractivity contribution in [1.82, 2.24) is 0 Å². The van der Waals surface area contributed by atoms with E-state index in [0.29, 0.717) is 0 Å². The van der Waals surface area contributed by atoms with E-state index in [2.05, 4.69) is 30.0 Å². The summed E-state index contributed by atoms with van der Waals surface area (Å²) in [5, 5.41) is 7.24. The van der Waals surface area contributed by atoms with Crippen molar-refractivity contribution in [1.29, 1.82) is 5.41 Å². The number of terminal acetylenes is 1. The zero-order valence-electron chi connectivity index (χ0n) is 10.4. The normalized spacial score (nSPS) is 12.9. The average molecular weight is 216 g/mol. The van der Waals surface area contributed by atoms with Crippen molar-refractivity contribution in [3.05, 3.63) is 23.4 Å². The number of unbranched alkanes of at least 4 members (excludes halogenated alkanes) is 2. The number of allylic oxidation sites excluding steroid dienone is 4.